The lowest BCUT2D eigenvalue weighted by atomic mass is 9.56. The van der Waals surface area contributed by atoms with Crippen molar-refractivity contribution in [1.29, 1.82) is 0 Å². The summed E-state index contributed by atoms with van der Waals surface area (Å²) in [6.07, 6.45) is -37.1. The van der Waals surface area contributed by atoms with Gasteiger partial charge in [-0.15, -0.1) is 0 Å². The highest BCUT2D eigenvalue weighted by atomic mass is 19.4. The minimum absolute atomic E-state index is 0.0804. The lowest BCUT2D eigenvalue weighted by molar-refractivity contribution is -0.544. The number of alkyl halides is 19. The Morgan fingerprint density at radius 2 is 0.920 bits per heavy atom. The molecule has 0 aliphatic heterocycles. The average Bonchev–Trinajstić information content (AvgIpc) is 2.89. The second-order valence-electron chi connectivity index (χ2n) is 12.8. The van der Waals surface area contributed by atoms with Crippen molar-refractivity contribution in [3.63, 3.8) is 0 Å². The van der Waals surface area contributed by atoms with E-state index >= 15 is 0 Å². The van der Waals surface area contributed by atoms with Crippen LogP contribution in [-0.2, 0) is 19.0 Å². The zero-order valence-corrected chi connectivity index (χ0v) is 27.3. The smallest absolute Gasteiger partial charge is 0.460 e. The van der Waals surface area contributed by atoms with Crippen LogP contribution in [0.5, 0.6) is 0 Å². The number of hydrogen-bond donors (Lipinski definition) is 0. The predicted octanol–water partition coefficient (Wildman–Crippen LogP) is 11.5. The maximum Gasteiger partial charge on any atom is 0.460 e. The molecule has 0 amide bonds. The third-order valence-corrected chi connectivity index (χ3v) is 8.51. The molecule has 300 valence electrons. The van der Waals surface area contributed by atoms with Crippen LogP contribution in [0.15, 0.2) is 0 Å². The molecule has 0 rings (SSSR count). The van der Waals surface area contributed by atoms with Gasteiger partial charge in [0, 0.05) is 0 Å². The molecule has 0 aromatic heterocycles. The summed E-state index contributed by atoms with van der Waals surface area (Å²) < 4.78 is 263. The van der Waals surface area contributed by atoms with Crippen molar-refractivity contribution in [3.8, 4) is 0 Å². The minimum Gasteiger partial charge on any atom is -0.465 e. The Bertz CT molecular complexity index is 1150. The second-order valence-corrected chi connectivity index (χ2v) is 12.8. The fourth-order valence-corrected chi connectivity index (χ4v) is 5.04. The van der Waals surface area contributed by atoms with Crippen molar-refractivity contribution in [2.45, 2.75) is 141 Å². The Labute approximate surface area is 273 Å². The lowest BCUT2D eigenvalue weighted by Gasteiger charge is -2.47. The molecule has 4 nitrogen and oxygen atoms in total. The topological polar surface area (TPSA) is 44.8 Å². The summed E-state index contributed by atoms with van der Waals surface area (Å²) in [5, 5.41) is 0. The van der Waals surface area contributed by atoms with E-state index in [-0.39, 0.29) is 6.42 Å². The molecule has 0 bridgehead atoms. The van der Waals surface area contributed by atoms with Crippen LogP contribution in [0.3, 0.4) is 0 Å². The molecule has 0 unspecified atom stereocenters. The number of carbonyl (C=O) groups excluding carboxylic acids is 1. The highest BCUT2D eigenvalue weighted by Gasteiger charge is 2.92. The summed E-state index contributed by atoms with van der Waals surface area (Å²) in [6.45, 7) is 10.2. The van der Waals surface area contributed by atoms with E-state index in [1.54, 1.807) is 34.6 Å². The number of halogens is 19. The van der Waals surface area contributed by atoms with Crippen LogP contribution in [0.1, 0.15) is 87.0 Å². The Kier molecular flexibility index (Phi) is 13.9. The van der Waals surface area contributed by atoms with Gasteiger partial charge in [0.2, 0.25) is 0 Å². The largest absolute Gasteiger partial charge is 0.465 e. The number of carbonyl (C=O) groups is 1. The van der Waals surface area contributed by atoms with Gasteiger partial charge < -0.3 is 4.74 Å². The zero-order chi connectivity index (χ0) is 40.6. The van der Waals surface area contributed by atoms with Gasteiger partial charge in [-0.2, -0.15) is 83.4 Å². The molecule has 0 saturated carbocycles. The van der Waals surface area contributed by atoms with Crippen LogP contribution >= 0.6 is 0 Å². The molecule has 0 spiro atoms. The van der Waals surface area contributed by atoms with Gasteiger partial charge in [0.15, 0.2) is 0 Å². The maximum atomic E-state index is 14.2. The summed E-state index contributed by atoms with van der Waals surface area (Å²) in [6, 6.07) is 0. The fourth-order valence-electron chi connectivity index (χ4n) is 5.04. The number of rotatable bonds is 20. The van der Waals surface area contributed by atoms with Gasteiger partial charge in [0.05, 0.1) is 18.4 Å². The molecule has 0 aliphatic rings. The van der Waals surface area contributed by atoms with Crippen molar-refractivity contribution in [1.82, 2.24) is 0 Å². The quantitative estimate of drug-likeness (QED) is 0.0911. The van der Waals surface area contributed by atoms with E-state index in [0.29, 0.717) is 25.7 Å². The number of ether oxygens (including phenoxy) is 3. The van der Waals surface area contributed by atoms with Gasteiger partial charge in [0.25, 0.3) is 0 Å². The molecular formula is C27H35F19O4. The zero-order valence-electron chi connectivity index (χ0n) is 27.3. The van der Waals surface area contributed by atoms with E-state index in [1.807, 2.05) is 6.92 Å². The third-order valence-electron chi connectivity index (χ3n) is 8.51. The van der Waals surface area contributed by atoms with Crippen molar-refractivity contribution in [2.75, 3.05) is 6.61 Å². The van der Waals surface area contributed by atoms with Gasteiger partial charge in [-0.1, -0.05) is 48.0 Å². The molecule has 0 saturated heterocycles. The first kappa shape index (κ1) is 48.1. The lowest BCUT2D eigenvalue weighted by Crippen LogP contribution is -2.71. The molecule has 0 heterocycles. The maximum absolute atomic E-state index is 14.2. The van der Waals surface area contributed by atoms with Crippen molar-refractivity contribution in [3.05, 3.63) is 0 Å². The van der Waals surface area contributed by atoms with Crippen molar-refractivity contribution < 1.29 is 102 Å². The Balaban J connectivity index is 6.21. The van der Waals surface area contributed by atoms with Crippen LogP contribution in [0.4, 0.5) is 83.4 Å². The van der Waals surface area contributed by atoms with E-state index in [0.717, 1.165) is 0 Å². The molecule has 0 radical (unpaired) electrons. The van der Waals surface area contributed by atoms with E-state index < -0.39 is 89.5 Å². The summed E-state index contributed by atoms with van der Waals surface area (Å²) >= 11 is 0. The first-order chi connectivity index (χ1) is 21.7. The summed E-state index contributed by atoms with van der Waals surface area (Å²) in [7, 11) is 0. The summed E-state index contributed by atoms with van der Waals surface area (Å²) in [5.41, 5.74) is -2.90. The molecule has 0 aromatic rings. The molecule has 0 N–H and O–H groups in total. The van der Waals surface area contributed by atoms with E-state index in [2.05, 4.69) is 4.74 Å². The van der Waals surface area contributed by atoms with Crippen LogP contribution in [0, 0.1) is 16.2 Å². The fraction of sp³-hybridized carbons (Fsp3) is 0.963. The molecule has 23 heteroatoms. The molecule has 50 heavy (non-hydrogen) atoms. The SMILES string of the molecule is CCCC(C)(C)C[C@@](C)(C(=O)OCCC(F)(F)OC(F)(F)C(F)(F)OC(F)(F)C(F)(F)C(F)(F)C(F)(F)C(F)(F)C(F)(F)F)C(C)(CC)CC. The Morgan fingerprint density at radius 1 is 0.520 bits per heavy atom. The van der Waals surface area contributed by atoms with E-state index in [9.17, 15) is 88.2 Å². The molecule has 0 fully saturated rings. The number of hydrogen-bond acceptors (Lipinski definition) is 4. The highest BCUT2D eigenvalue weighted by molar-refractivity contribution is 5.77. The van der Waals surface area contributed by atoms with Gasteiger partial charge >= 0.3 is 60.3 Å². The number of esters is 1. The average molecular weight is 785 g/mol. The Hall–Kier alpha value is -1.94. The second kappa shape index (κ2) is 14.5. The van der Waals surface area contributed by atoms with Crippen molar-refractivity contribution >= 4 is 5.97 Å². The molecular weight excluding hydrogens is 749 g/mol. The van der Waals surface area contributed by atoms with Gasteiger partial charge in [-0.3, -0.25) is 4.79 Å². The third kappa shape index (κ3) is 8.98. The van der Waals surface area contributed by atoms with Crippen LogP contribution in [-0.4, -0.2) is 66.9 Å². The van der Waals surface area contributed by atoms with Crippen molar-refractivity contribution in [2.24, 2.45) is 16.2 Å². The molecule has 0 aliphatic carbocycles. The summed E-state index contributed by atoms with van der Waals surface area (Å²) in [4.78, 5) is 13.2. The predicted molar refractivity (Wildman–Crippen MR) is 133 cm³/mol. The normalized spacial score (nSPS) is 16.8. The van der Waals surface area contributed by atoms with Gasteiger partial charge in [0.1, 0.15) is 0 Å². The molecule has 0 aromatic carbocycles. The van der Waals surface area contributed by atoms with E-state index in [1.165, 1.54) is 11.7 Å². The van der Waals surface area contributed by atoms with Gasteiger partial charge in [-0.25, -0.2) is 9.47 Å². The first-order valence-corrected chi connectivity index (χ1v) is 14.3. The van der Waals surface area contributed by atoms with Crippen LogP contribution < -0.4 is 0 Å². The highest BCUT2D eigenvalue weighted by Crippen LogP contribution is 2.61. The standard InChI is InChI=1S/C27H35F19O4/c1-8-11-16(4,5)14-18(7,17(6,9-2)10-3)15(47)48-13-12-19(28,29)49-26(43,44)27(45,46)50-25(41,42)23(36,37)21(32,33)20(30,31)22(34,35)24(38,39)40/h8-14H2,1-7H3/t18-/m0/s1. The van der Waals surface area contributed by atoms with Crippen LogP contribution in [0.25, 0.3) is 0 Å². The first-order valence-electron chi connectivity index (χ1n) is 14.3. The van der Waals surface area contributed by atoms with Crippen LogP contribution in [0.2, 0.25) is 0 Å². The van der Waals surface area contributed by atoms with E-state index in [4.69, 9.17) is 4.74 Å². The molecule has 1 atom stereocenters. The minimum atomic E-state index is -8.71. The summed E-state index contributed by atoms with van der Waals surface area (Å²) in [5.74, 6) is -35.4. The van der Waals surface area contributed by atoms with Gasteiger partial charge in [-0.05, 0) is 43.4 Å². The Morgan fingerprint density at radius 3 is 1.30 bits per heavy atom. The monoisotopic (exact) mass is 784 g/mol.